The van der Waals surface area contributed by atoms with Gasteiger partial charge >= 0.3 is 6.18 Å². The van der Waals surface area contributed by atoms with Crippen LogP contribution >= 0.6 is 11.8 Å². The minimum atomic E-state index is -4.41. The van der Waals surface area contributed by atoms with Gasteiger partial charge in [-0.15, -0.1) is 10.2 Å². The van der Waals surface area contributed by atoms with E-state index in [9.17, 15) is 18.0 Å². The zero-order valence-electron chi connectivity index (χ0n) is 10.2. The van der Waals surface area contributed by atoms with Crippen LogP contribution < -0.4 is 11.1 Å². The summed E-state index contributed by atoms with van der Waals surface area (Å²) >= 11 is 1.02. The maximum Gasteiger partial charge on any atom is 0.405 e. The van der Waals surface area contributed by atoms with Crippen molar-refractivity contribution in [2.24, 2.45) is 5.73 Å². The van der Waals surface area contributed by atoms with E-state index in [0.717, 1.165) is 11.8 Å². The molecule has 0 aliphatic carbocycles. The largest absolute Gasteiger partial charge is 0.405 e. The summed E-state index contributed by atoms with van der Waals surface area (Å²) in [6.07, 6.45) is -4.41. The first-order valence-electron chi connectivity index (χ1n) is 5.39. The number of alkyl halides is 3. The van der Waals surface area contributed by atoms with Gasteiger partial charge in [0.2, 0.25) is 5.91 Å². The highest BCUT2D eigenvalue weighted by atomic mass is 32.2. The number of aryl methyl sites for hydroxylation is 1. The van der Waals surface area contributed by atoms with Crippen molar-refractivity contribution < 1.29 is 18.0 Å². The molecule has 1 rings (SSSR count). The SMILES string of the molecule is Cc1nnc(SCC(=O)NCC(F)(F)F)n1CCN. The smallest absolute Gasteiger partial charge is 0.346 e. The average Bonchev–Trinajstić information content (AvgIpc) is 2.65. The molecule has 6 nitrogen and oxygen atoms in total. The van der Waals surface area contributed by atoms with Gasteiger partial charge in [0.05, 0.1) is 5.75 Å². The predicted molar refractivity (Wildman–Crippen MR) is 63.6 cm³/mol. The van der Waals surface area contributed by atoms with Crippen LogP contribution in [0.3, 0.4) is 0 Å². The summed E-state index contributed by atoms with van der Waals surface area (Å²) in [5.41, 5.74) is 5.42. The van der Waals surface area contributed by atoms with E-state index in [1.54, 1.807) is 16.8 Å². The van der Waals surface area contributed by atoms with E-state index in [1.807, 2.05) is 0 Å². The molecule has 0 radical (unpaired) electrons. The Labute approximate surface area is 111 Å². The molecule has 0 saturated heterocycles. The molecule has 0 saturated carbocycles. The fourth-order valence-corrected chi connectivity index (χ4v) is 2.07. The van der Waals surface area contributed by atoms with E-state index in [-0.39, 0.29) is 5.75 Å². The number of hydrogen-bond donors (Lipinski definition) is 2. The molecule has 10 heteroatoms. The standard InChI is InChI=1S/C9H14F3N5OS/c1-6-15-16-8(17(6)3-2-13)19-4-7(18)14-5-9(10,11)12/h2-5,13H2,1H3,(H,14,18). The van der Waals surface area contributed by atoms with Crippen LogP contribution in [0.5, 0.6) is 0 Å². The summed E-state index contributed by atoms with van der Waals surface area (Å²) < 4.78 is 37.4. The topological polar surface area (TPSA) is 85.8 Å². The van der Waals surface area contributed by atoms with Crippen LogP contribution in [0.1, 0.15) is 5.82 Å². The van der Waals surface area contributed by atoms with Gasteiger partial charge in [0.15, 0.2) is 5.16 Å². The minimum Gasteiger partial charge on any atom is -0.346 e. The maximum absolute atomic E-state index is 11.9. The van der Waals surface area contributed by atoms with Crippen molar-refractivity contribution in [3.8, 4) is 0 Å². The normalized spacial score (nSPS) is 11.6. The van der Waals surface area contributed by atoms with E-state index in [2.05, 4.69) is 10.2 Å². The zero-order chi connectivity index (χ0) is 14.5. The van der Waals surface area contributed by atoms with Crippen molar-refractivity contribution in [1.29, 1.82) is 0 Å². The van der Waals surface area contributed by atoms with Crippen molar-refractivity contribution in [3.05, 3.63) is 5.82 Å². The second-order valence-electron chi connectivity index (χ2n) is 3.65. The average molecular weight is 297 g/mol. The van der Waals surface area contributed by atoms with Crippen LogP contribution in [0.4, 0.5) is 13.2 Å². The minimum absolute atomic E-state index is 0.154. The third-order valence-electron chi connectivity index (χ3n) is 2.07. The molecule has 0 bridgehead atoms. The van der Waals surface area contributed by atoms with Crippen LogP contribution in [0, 0.1) is 6.92 Å². The summed E-state index contributed by atoms with van der Waals surface area (Å²) in [6, 6.07) is 0. The Balaban J connectivity index is 2.46. The first-order valence-corrected chi connectivity index (χ1v) is 6.38. The molecule has 3 N–H and O–H groups in total. The van der Waals surface area contributed by atoms with Crippen LogP contribution in [0.15, 0.2) is 5.16 Å². The number of carbonyl (C=O) groups is 1. The van der Waals surface area contributed by atoms with Gasteiger partial charge in [0.25, 0.3) is 0 Å². The molecule has 1 aromatic heterocycles. The van der Waals surface area contributed by atoms with Gasteiger partial charge in [-0.05, 0) is 6.92 Å². The molecule has 0 unspecified atom stereocenters. The van der Waals surface area contributed by atoms with Crippen LogP contribution in [-0.4, -0.2) is 45.7 Å². The molecule has 108 valence electrons. The Hall–Kier alpha value is -1.29. The molecule has 0 aliphatic rings. The molecule has 0 spiro atoms. The summed E-state index contributed by atoms with van der Waals surface area (Å²) in [6.45, 7) is 1.27. The summed E-state index contributed by atoms with van der Waals surface area (Å²) in [5.74, 6) is -0.218. The Kier molecular flexibility index (Phi) is 5.60. The van der Waals surface area contributed by atoms with Gasteiger partial charge in [-0.3, -0.25) is 4.79 Å². The highest BCUT2D eigenvalue weighted by molar-refractivity contribution is 7.99. The quantitative estimate of drug-likeness (QED) is 0.738. The number of hydrogen-bond acceptors (Lipinski definition) is 5. The third kappa shape index (κ3) is 5.47. The fourth-order valence-electron chi connectivity index (χ4n) is 1.23. The van der Waals surface area contributed by atoms with Gasteiger partial charge in [-0.25, -0.2) is 0 Å². The molecule has 1 heterocycles. The van der Waals surface area contributed by atoms with Gasteiger partial charge in [0.1, 0.15) is 12.4 Å². The van der Waals surface area contributed by atoms with E-state index in [4.69, 9.17) is 5.73 Å². The molecule has 0 atom stereocenters. The lowest BCUT2D eigenvalue weighted by Crippen LogP contribution is -2.34. The van der Waals surface area contributed by atoms with E-state index in [1.165, 1.54) is 0 Å². The fraction of sp³-hybridized carbons (Fsp3) is 0.667. The number of rotatable bonds is 6. The molecule has 1 amide bonds. The molecule has 0 aliphatic heterocycles. The highest BCUT2D eigenvalue weighted by Crippen LogP contribution is 2.17. The number of thioether (sulfide) groups is 1. The Morgan fingerprint density at radius 3 is 2.74 bits per heavy atom. The van der Waals surface area contributed by atoms with E-state index in [0.29, 0.717) is 24.1 Å². The van der Waals surface area contributed by atoms with Crippen molar-refractivity contribution in [3.63, 3.8) is 0 Å². The first-order chi connectivity index (χ1) is 8.83. The lowest BCUT2D eigenvalue weighted by atomic mass is 10.6. The predicted octanol–water partition coefficient (Wildman–Crippen LogP) is 0.316. The van der Waals surface area contributed by atoms with Crippen LogP contribution in [0.2, 0.25) is 0 Å². The van der Waals surface area contributed by atoms with E-state index >= 15 is 0 Å². The molecule has 1 aromatic rings. The van der Waals surface area contributed by atoms with Crippen LogP contribution in [-0.2, 0) is 11.3 Å². The molecular weight excluding hydrogens is 283 g/mol. The van der Waals surface area contributed by atoms with Crippen LogP contribution in [0.25, 0.3) is 0 Å². The molecular formula is C9H14F3N5OS. The monoisotopic (exact) mass is 297 g/mol. The third-order valence-corrected chi connectivity index (χ3v) is 3.04. The number of carbonyl (C=O) groups excluding carboxylic acids is 1. The molecule has 0 fully saturated rings. The first kappa shape index (κ1) is 15.8. The summed E-state index contributed by atoms with van der Waals surface area (Å²) in [5, 5.41) is 9.90. The molecule has 0 aromatic carbocycles. The second kappa shape index (κ2) is 6.75. The second-order valence-corrected chi connectivity index (χ2v) is 4.59. The van der Waals surface area contributed by atoms with Gasteiger partial charge in [-0.1, -0.05) is 11.8 Å². The Bertz CT molecular complexity index is 434. The summed E-state index contributed by atoms with van der Waals surface area (Å²) in [4.78, 5) is 11.2. The zero-order valence-corrected chi connectivity index (χ0v) is 11.0. The Morgan fingerprint density at radius 1 is 1.47 bits per heavy atom. The van der Waals surface area contributed by atoms with Gasteiger partial charge in [-0.2, -0.15) is 13.2 Å². The van der Waals surface area contributed by atoms with Crippen molar-refractivity contribution in [1.82, 2.24) is 20.1 Å². The number of halogens is 3. The van der Waals surface area contributed by atoms with Gasteiger partial charge < -0.3 is 15.6 Å². The number of nitrogens with one attached hydrogen (secondary N) is 1. The van der Waals surface area contributed by atoms with Crippen molar-refractivity contribution in [2.45, 2.75) is 24.8 Å². The lowest BCUT2D eigenvalue weighted by molar-refractivity contribution is -0.136. The summed E-state index contributed by atoms with van der Waals surface area (Å²) in [7, 11) is 0. The van der Waals surface area contributed by atoms with Gasteiger partial charge in [0, 0.05) is 13.1 Å². The number of nitrogens with zero attached hydrogens (tertiary/aromatic N) is 3. The Morgan fingerprint density at radius 2 is 2.16 bits per heavy atom. The number of amides is 1. The van der Waals surface area contributed by atoms with E-state index < -0.39 is 18.6 Å². The highest BCUT2D eigenvalue weighted by Gasteiger charge is 2.27. The lowest BCUT2D eigenvalue weighted by Gasteiger charge is -2.08. The number of nitrogens with two attached hydrogens (primary N) is 1. The number of aromatic nitrogens is 3. The van der Waals surface area contributed by atoms with Crippen molar-refractivity contribution in [2.75, 3.05) is 18.8 Å². The maximum atomic E-state index is 11.9. The van der Waals surface area contributed by atoms with Crippen molar-refractivity contribution >= 4 is 17.7 Å². The molecule has 19 heavy (non-hydrogen) atoms.